The quantitative estimate of drug-likeness (QED) is 0.887. The molecular weight excluding hydrogens is 308 g/mol. The molecule has 2 aliphatic rings. The number of carbonyl (C=O) groups excluding carboxylic acids is 1. The molecular formula is C18H28N2O4. The van der Waals surface area contributed by atoms with E-state index in [-0.39, 0.29) is 24.0 Å². The van der Waals surface area contributed by atoms with Crippen LogP contribution in [0.1, 0.15) is 30.8 Å². The number of hydrogen-bond acceptors (Lipinski definition) is 5. The van der Waals surface area contributed by atoms with Gasteiger partial charge in [-0.25, -0.2) is 0 Å². The number of furan rings is 1. The first-order chi connectivity index (χ1) is 11.6. The van der Waals surface area contributed by atoms with Crippen LogP contribution in [0.5, 0.6) is 0 Å². The molecule has 1 atom stereocenters. The summed E-state index contributed by atoms with van der Waals surface area (Å²) in [5, 5.41) is 3.12. The van der Waals surface area contributed by atoms with Gasteiger partial charge in [-0.1, -0.05) is 0 Å². The highest BCUT2D eigenvalue weighted by Crippen LogP contribution is 2.41. The minimum atomic E-state index is -0.0548. The Morgan fingerprint density at radius 2 is 2.17 bits per heavy atom. The number of piperidine rings is 1. The maximum absolute atomic E-state index is 11.9. The smallest absolute Gasteiger partial charge is 0.246 e. The van der Waals surface area contributed by atoms with Crippen LogP contribution in [-0.2, 0) is 20.8 Å². The molecule has 0 radical (unpaired) electrons. The molecule has 2 aliphatic heterocycles. The van der Waals surface area contributed by atoms with Gasteiger partial charge in [0.05, 0.1) is 19.2 Å². The van der Waals surface area contributed by atoms with E-state index in [2.05, 4.69) is 16.3 Å². The lowest BCUT2D eigenvalue weighted by molar-refractivity contribution is -0.130. The first-order valence-electron chi connectivity index (χ1n) is 8.75. The Morgan fingerprint density at radius 3 is 2.83 bits per heavy atom. The van der Waals surface area contributed by atoms with Crippen LogP contribution in [-0.4, -0.2) is 56.9 Å². The van der Waals surface area contributed by atoms with Crippen molar-refractivity contribution in [2.75, 3.05) is 40.0 Å². The average Bonchev–Trinajstić information content (AvgIpc) is 2.97. The molecule has 2 fully saturated rings. The summed E-state index contributed by atoms with van der Waals surface area (Å²) in [4.78, 5) is 14.4. The van der Waals surface area contributed by atoms with E-state index in [0.29, 0.717) is 6.61 Å². The summed E-state index contributed by atoms with van der Waals surface area (Å²) < 4.78 is 16.3. The fourth-order valence-electron chi connectivity index (χ4n) is 3.93. The van der Waals surface area contributed by atoms with E-state index in [4.69, 9.17) is 13.9 Å². The Morgan fingerprint density at radius 1 is 1.38 bits per heavy atom. The van der Waals surface area contributed by atoms with Crippen LogP contribution in [0.3, 0.4) is 0 Å². The second-order valence-electron chi connectivity index (χ2n) is 7.03. The maximum atomic E-state index is 11.9. The van der Waals surface area contributed by atoms with E-state index < -0.39 is 0 Å². The van der Waals surface area contributed by atoms with Gasteiger partial charge in [0, 0.05) is 13.7 Å². The molecule has 1 aromatic heterocycles. The molecule has 0 saturated carbocycles. The zero-order valence-electron chi connectivity index (χ0n) is 14.7. The summed E-state index contributed by atoms with van der Waals surface area (Å²) >= 11 is 0. The van der Waals surface area contributed by atoms with Crippen molar-refractivity contribution in [3.63, 3.8) is 0 Å². The van der Waals surface area contributed by atoms with E-state index in [0.717, 1.165) is 57.0 Å². The van der Waals surface area contributed by atoms with Gasteiger partial charge >= 0.3 is 0 Å². The summed E-state index contributed by atoms with van der Waals surface area (Å²) in [6, 6.07) is 4.16. The molecule has 3 rings (SSSR count). The van der Waals surface area contributed by atoms with Crippen molar-refractivity contribution in [1.82, 2.24) is 10.2 Å². The number of hydrogen-bond donors (Lipinski definition) is 1. The number of ether oxygens (including phenoxy) is 2. The Balaban J connectivity index is 1.58. The van der Waals surface area contributed by atoms with Gasteiger partial charge in [-0.15, -0.1) is 0 Å². The topological polar surface area (TPSA) is 63.9 Å². The lowest BCUT2D eigenvalue weighted by Gasteiger charge is -2.49. The van der Waals surface area contributed by atoms with Gasteiger partial charge in [-0.2, -0.15) is 0 Å². The molecule has 6 nitrogen and oxygen atoms in total. The minimum Gasteiger partial charge on any atom is -0.465 e. The number of aryl methyl sites for hydroxylation is 1. The molecule has 1 N–H and O–H groups in total. The minimum absolute atomic E-state index is 0.0548. The number of nitrogens with one attached hydrogen (secondary N) is 1. The van der Waals surface area contributed by atoms with Gasteiger partial charge in [-0.3, -0.25) is 9.69 Å². The maximum Gasteiger partial charge on any atom is 0.246 e. The summed E-state index contributed by atoms with van der Waals surface area (Å²) in [5.74, 6) is 1.94. The zero-order chi connectivity index (χ0) is 17.0. The van der Waals surface area contributed by atoms with Crippen LogP contribution in [0, 0.1) is 12.3 Å². The monoisotopic (exact) mass is 336 g/mol. The summed E-state index contributed by atoms with van der Waals surface area (Å²) in [6.07, 6.45) is 3.17. The SMILES string of the molecule is COCC(=O)N[C@H]1COCCC12CCN(Cc1ccc(C)o1)CC2. The van der Waals surface area contributed by atoms with Crippen LogP contribution >= 0.6 is 0 Å². The van der Waals surface area contributed by atoms with E-state index in [1.54, 1.807) is 7.11 Å². The summed E-state index contributed by atoms with van der Waals surface area (Å²) in [5.41, 5.74) is 0.150. The molecule has 1 aromatic rings. The van der Waals surface area contributed by atoms with Crippen molar-refractivity contribution >= 4 is 5.91 Å². The van der Waals surface area contributed by atoms with Crippen molar-refractivity contribution in [1.29, 1.82) is 0 Å². The molecule has 2 saturated heterocycles. The first-order valence-corrected chi connectivity index (χ1v) is 8.75. The van der Waals surface area contributed by atoms with Gasteiger partial charge in [0.15, 0.2) is 0 Å². The molecule has 1 spiro atoms. The highest BCUT2D eigenvalue weighted by Gasteiger charge is 2.44. The Labute approximate surface area is 143 Å². The summed E-state index contributed by atoms with van der Waals surface area (Å²) in [7, 11) is 1.54. The van der Waals surface area contributed by atoms with Crippen LogP contribution in [0.25, 0.3) is 0 Å². The molecule has 6 heteroatoms. The fraction of sp³-hybridized carbons (Fsp3) is 0.722. The van der Waals surface area contributed by atoms with Crippen LogP contribution < -0.4 is 5.32 Å². The molecule has 1 amide bonds. The number of methoxy groups -OCH3 is 1. The van der Waals surface area contributed by atoms with Gasteiger partial charge in [0.1, 0.15) is 18.1 Å². The van der Waals surface area contributed by atoms with E-state index in [9.17, 15) is 4.79 Å². The van der Waals surface area contributed by atoms with Gasteiger partial charge < -0.3 is 19.2 Å². The highest BCUT2D eigenvalue weighted by atomic mass is 16.5. The largest absolute Gasteiger partial charge is 0.465 e. The molecule has 24 heavy (non-hydrogen) atoms. The van der Waals surface area contributed by atoms with Crippen molar-refractivity contribution in [3.05, 3.63) is 23.7 Å². The zero-order valence-corrected chi connectivity index (χ0v) is 14.7. The second-order valence-corrected chi connectivity index (χ2v) is 7.03. The van der Waals surface area contributed by atoms with Crippen molar-refractivity contribution in [2.24, 2.45) is 5.41 Å². The first kappa shape index (κ1) is 17.5. The molecule has 134 valence electrons. The van der Waals surface area contributed by atoms with Gasteiger partial charge in [0.25, 0.3) is 0 Å². The molecule has 3 heterocycles. The number of rotatable bonds is 5. The van der Waals surface area contributed by atoms with Gasteiger partial charge in [0.2, 0.25) is 5.91 Å². The fourth-order valence-corrected chi connectivity index (χ4v) is 3.93. The molecule has 0 bridgehead atoms. The number of carbonyl (C=O) groups is 1. The van der Waals surface area contributed by atoms with Crippen molar-refractivity contribution < 1.29 is 18.7 Å². The number of likely N-dealkylation sites (tertiary alicyclic amines) is 1. The predicted molar refractivity (Wildman–Crippen MR) is 89.6 cm³/mol. The van der Waals surface area contributed by atoms with Crippen LogP contribution in [0.2, 0.25) is 0 Å². The van der Waals surface area contributed by atoms with E-state index in [1.807, 2.05) is 13.0 Å². The second kappa shape index (κ2) is 7.68. The lowest BCUT2D eigenvalue weighted by Crippen LogP contribution is -2.57. The Kier molecular flexibility index (Phi) is 5.58. The Hall–Kier alpha value is -1.37. The van der Waals surface area contributed by atoms with E-state index >= 15 is 0 Å². The molecule has 0 unspecified atom stereocenters. The number of amides is 1. The number of nitrogens with zero attached hydrogens (tertiary/aromatic N) is 1. The standard InChI is InChI=1S/C18H28N2O4/c1-14-3-4-15(24-14)11-20-8-5-18(6-9-20)7-10-23-12-16(18)19-17(21)13-22-2/h3-4,16H,5-13H2,1-2H3,(H,19,21)/t16-/m0/s1. The average molecular weight is 336 g/mol. The lowest BCUT2D eigenvalue weighted by atomic mass is 9.69. The molecule has 0 aliphatic carbocycles. The van der Waals surface area contributed by atoms with Crippen molar-refractivity contribution in [2.45, 2.75) is 38.8 Å². The van der Waals surface area contributed by atoms with E-state index in [1.165, 1.54) is 0 Å². The van der Waals surface area contributed by atoms with Crippen LogP contribution in [0.4, 0.5) is 0 Å². The third-order valence-electron chi connectivity index (χ3n) is 5.41. The van der Waals surface area contributed by atoms with Gasteiger partial charge in [-0.05, 0) is 56.8 Å². The molecule has 0 aromatic carbocycles. The van der Waals surface area contributed by atoms with Crippen LogP contribution in [0.15, 0.2) is 16.5 Å². The highest BCUT2D eigenvalue weighted by molar-refractivity contribution is 5.77. The normalized spacial score (nSPS) is 24.2. The predicted octanol–water partition coefficient (Wildman–Crippen LogP) is 1.72. The Bertz CT molecular complexity index is 549. The third kappa shape index (κ3) is 3.99. The third-order valence-corrected chi connectivity index (χ3v) is 5.41. The summed E-state index contributed by atoms with van der Waals surface area (Å²) in [6.45, 7) is 6.38. The van der Waals surface area contributed by atoms with Crippen molar-refractivity contribution in [3.8, 4) is 0 Å².